The summed E-state index contributed by atoms with van der Waals surface area (Å²) < 4.78 is 4.81. The zero-order valence-corrected chi connectivity index (χ0v) is 17.3. The summed E-state index contributed by atoms with van der Waals surface area (Å²) in [5, 5.41) is 10.4. The highest BCUT2D eigenvalue weighted by atomic mass is 16.5. The zero-order valence-electron chi connectivity index (χ0n) is 17.3. The summed E-state index contributed by atoms with van der Waals surface area (Å²) in [6.45, 7) is 14.2. The van der Waals surface area contributed by atoms with Crippen LogP contribution < -0.4 is 4.90 Å². The first kappa shape index (κ1) is 21.2. The van der Waals surface area contributed by atoms with Crippen LogP contribution in [-0.4, -0.2) is 54.7 Å². The van der Waals surface area contributed by atoms with Crippen molar-refractivity contribution in [3.8, 4) is 0 Å². The molecule has 1 aliphatic heterocycles. The van der Waals surface area contributed by atoms with E-state index in [0.29, 0.717) is 26.2 Å². The Kier molecular flexibility index (Phi) is 6.20. The Morgan fingerprint density at radius 1 is 1.07 bits per heavy atom. The molecule has 0 spiro atoms. The molecule has 0 unspecified atom stereocenters. The number of hydrogen-bond donors (Lipinski definition) is 1. The number of aliphatic hydroxyl groups is 1. The molecular formula is C21H32N2O4. The van der Waals surface area contributed by atoms with E-state index in [9.17, 15) is 14.7 Å². The van der Waals surface area contributed by atoms with E-state index in [0.717, 1.165) is 16.8 Å². The molecule has 0 saturated carbocycles. The number of carbonyl (C=O) groups is 2. The molecule has 150 valence electrons. The van der Waals surface area contributed by atoms with Crippen molar-refractivity contribution in [1.82, 2.24) is 4.90 Å². The van der Waals surface area contributed by atoms with E-state index in [1.807, 2.05) is 6.07 Å². The molecule has 1 N–H and O–H groups in total. The van der Waals surface area contributed by atoms with Gasteiger partial charge in [-0.3, -0.25) is 4.79 Å². The number of carbonyl (C=O) groups excluding carboxylic acids is 2. The number of ether oxygens (including phenoxy) is 1. The van der Waals surface area contributed by atoms with Crippen LogP contribution in [0.5, 0.6) is 0 Å². The molecule has 0 bridgehead atoms. The van der Waals surface area contributed by atoms with Crippen LogP contribution in [0.25, 0.3) is 0 Å². The van der Waals surface area contributed by atoms with Gasteiger partial charge in [0, 0.05) is 31.9 Å². The molecule has 27 heavy (non-hydrogen) atoms. The number of piperazine rings is 1. The number of nitrogens with zero attached hydrogens (tertiary/aromatic N) is 2. The van der Waals surface area contributed by atoms with Crippen LogP contribution in [0.15, 0.2) is 18.2 Å². The molecule has 0 aliphatic carbocycles. The van der Waals surface area contributed by atoms with Gasteiger partial charge in [0.2, 0.25) is 0 Å². The largest absolute Gasteiger partial charge is 0.459 e. The van der Waals surface area contributed by atoms with Crippen LogP contribution >= 0.6 is 0 Å². The third-order valence-corrected chi connectivity index (χ3v) is 4.87. The number of rotatable bonds is 3. The topological polar surface area (TPSA) is 70.1 Å². The summed E-state index contributed by atoms with van der Waals surface area (Å²) in [5.41, 5.74) is 2.16. The molecule has 2 rings (SSSR count). The second-order valence-electron chi connectivity index (χ2n) is 8.54. The zero-order chi connectivity index (χ0) is 20.4. The van der Waals surface area contributed by atoms with Gasteiger partial charge >= 0.3 is 11.9 Å². The van der Waals surface area contributed by atoms with Crippen molar-refractivity contribution in [3.63, 3.8) is 0 Å². The van der Waals surface area contributed by atoms with Crippen molar-refractivity contribution in [2.24, 2.45) is 0 Å². The maximum atomic E-state index is 12.1. The quantitative estimate of drug-likeness (QED) is 0.648. The molecule has 1 aromatic carbocycles. The summed E-state index contributed by atoms with van der Waals surface area (Å²) in [6, 6.07) is 6.09. The van der Waals surface area contributed by atoms with Crippen LogP contribution in [0.3, 0.4) is 0 Å². The molecule has 1 amide bonds. The highest BCUT2D eigenvalue weighted by Crippen LogP contribution is 2.35. The SMILES string of the molecule is CCOC(=O)C(=O)N1CCN(c2ccc(C(C)(C)O)cc2C(C)(C)C)CC1. The fraction of sp³-hybridized carbons (Fsp3) is 0.619. The van der Waals surface area contributed by atoms with Crippen molar-refractivity contribution >= 4 is 17.6 Å². The van der Waals surface area contributed by atoms with E-state index in [-0.39, 0.29) is 12.0 Å². The van der Waals surface area contributed by atoms with E-state index in [1.165, 1.54) is 0 Å². The normalized spacial score (nSPS) is 15.7. The minimum Gasteiger partial charge on any atom is -0.459 e. The molecule has 1 aliphatic rings. The van der Waals surface area contributed by atoms with Gasteiger partial charge in [0.1, 0.15) is 0 Å². The number of anilines is 1. The van der Waals surface area contributed by atoms with Gasteiger partial charge in [0.05, 0.1) is 12.2 Å². The summed E-state index contributed by atoms with van der Waals surface area (Å²) in [4.78, 5) is 27.6. The molecule has 1 heterocycles. The third kappa shape index (κ3) is 5.01. The number of esters is 1. The van der Waals surface area contributed by atoms with Crippen LogP contribution in [0.2, 0.25) is 0 Å². The van der Waals surface area contributed by atoms with Crippen LogP contribution in [-0.2, 0) is 25.3 Å². The Labute approximate surface area is 162 Å². The Morgan fingerprint density at radius 3 is 2.15 bits per heavy atom. The van der Waals surface area contributed by atoms with E-state index in [4.69, 9.17) is 4.74 Å². The van der Waals surface area contributed by atoms with Gasteiger partial charge < -0.3 is 19.6 Å². The number of amides is 1. The van der Waals surface area contributed by atoms with Crippen molar-refractivity contribution in [2.45, 2.75) is 52.6 Å². The lowest BCUT2D eigenvalue weighted by molar-refractivity contribution is -0.160. The van der Waals surface area contributed by atoms with Crippen LogP contribution in [0.1, 0.15) is 52.7 Å². The first-order chi connectivity index (χ1) is 12.4. The standard InChI is InChI=1S/C21H32N2O4/c1-7-27-19(25)18(24)23-12-10-22(11-13-23)17-9-8-15(21(5,6)26)14-16(17)20(2,3)4/h8-9,14,26H,7,10-13H2,1-6H3. The Morgan fingerprint density at radius 2 is 1.67 bits per heavy atom. The fourth-order valence-electron chi connectivity index (χ4n) is 3.27. The van der Waals surface area contributed by atoms with Gasteiger partial charge in [0.25, 0.3) is 0 Å². The first-order valence-electron chi connectivity index (χ1n) is 9.53. The first-order valence-corrected chi connectivity index (χ1v) is 9.53. The highest BCUT2D eigenvalue weighted by Gasteiger charge is 2.30. The van der Waals surface area contributed by atoms with Crippen LogP contribution in [0.4, 0.5) is 5.69 Å². The van der Waals surface area contributed by atoms with Gasteiger partial charge in [0.15, 0.2) is 0 Å². The van der Waals surface area contributed by atoms with Crippen molar-refractivity contribution in [1.29, 1.82) is 0 Å². The molecule has 6 heteroatoms. The molecule has 1 aromatic rings. The highest BCUT2D eigenvalue weighted by molar-refractivity contribution is 6.32. The molecular weight excluding hydrogens is 344 g/mol. The van der Waals surface area contributed by atoms with Gasteiger partial charge in [-0.2, -0.15) is 0 Å². The predicted molar refractivity (Wildman–Crippen MR) is 106 cm³/mol. The molecule has 0 radical (unpaired) electrons. The lowest BCUT2D eigenvalue weighted by Crippen LogP contribution is -2.51. The monoisotopic (exact) mass is 376 g/mol. The Hall–Kier alpha value is -2.08. The van der Waals surface area contributed by atoms with Gasteiger partial charge in [-0.1, -0.05) is 32.9 Å². The van der Waals surface area contributed by atoms with Gasteiger partial charge in [-0.05, 0) is 43.4 Å². The lowest BCUT2D eigenvalue weighted by Gasteiger charge is -2.38. The van der Waals surface area contributed by atoms with Gasteiger partial charge in [-0.15, -0.1) is 0 Å². The lowest BCUT2D eigenvalue weighted by atomic mass is 9.82. The minimum atomic E-state index is -0.900. The van der Waals surface area contributed by atoms with Gasteiger partial charge in [-0.25, -0.2) is 4.79 Å². The number of hydrogen-bond acceptors (Lipinski definition) is 5. The van der Waals surface area contributed by atoms with E-state index in [2.05, 4.69) is 37.8 Å². The average molecular weight is 376 g/mol. The summed E-state index contributed by atoms with van der Waals surface area (Å²) in [5.74, 6) is -1.35. The summed E-state index contributed by atoms with van der Waals surface area (Å²) >= 11 is 0. The minimum absolute atomic E-state index is 0.0888. The third-order valence-electron chi connectivity index (χ3n) is 4.87. The molecule has 1 fully saturated rings. The molecule has 0 atom stereocenters. The second kappa shape index (κ2) is 7.89. The Bertz CT molecular complexity index is 693. The molecule has 1 saturated heterocycles. The van der Waals surface area contributed by atoms with Crippen LogP contribution in [0, 0.1) is 0 Å². The molecule has 0 aromatic heterocycles. The fourth-order valence-corrected chi connectivity index (χ4v) is 3.27. The Balaban J connectivity index is 2.20. The van der Waals surface area contributed by atoms with Crippen molar-refractivity contribution < 1.29 is 19.4 Å². The van der Waals surface area contributed by atoms with E-state index >= 15 is 0 Å². The summed E-state index contributed by atoms with van der Waals surface area (Å²) in [7, 11) is 0. The van der Waals surface area contributed by atoms with E-state index < -0.39 is 17.5 Å². The molecule has 6 nitrogen and oxygen atoms in total. The smallest absolute Gasteiger partial charge is 0.397 e. The number of benzene rings is 1. The average Bonchev–Trinajstić information content (AvgIpc) is 2.59. The second-order valence-corrected chi connectivity index (χ2v) is 8.54. The van der Waals surface area contributed by atoms with Crippen molar-refractivity contribution in [3.05, 3.63) is 29.3 Å². The predicted octanol–water partition coefficient (Wildman–Crippen LogP) is 2.42. The van der Waals surface area contributed by atoms with Crippen molar-refractivity contribution in [2.75, 3.05) is 37.7 Å². The maximum Gasteiger partial charge on any atom is 0.397 e. The van der Waals surface area contributed by atoms with E-state index in [1.54, 1.807) is 25.7 Å². The summed E-state index contributed by atoms with van der Waals surface area (Å²) in [6.07, 6.45) is 0. The maximum absolute atomic E-state index is 12.1.